The van der Waals surface area contributed by atoms with Gasteiger partial charge in [-0.2, -0.15) is 0 Å². The van der Waals surface area contributed by atoms with Crippen molar-refractivity contribution in [2.24, 2.45) is 0 Å². The Bertz CT molecular complexity index is 521. The second kappa shape index (κ2) is 4.70. The summed E-state index contributed by atoms with van der Waals surface area (Å²) in [6.07, 6.45) is -4.66. The lowest BCUT2D eigenvalue weighted by atomic mass is 10.1. The highest BCUT2D eigenvalue weighted by molar-refractivity contribution is 9.11. The molecule has 1 nitrogen and oxygen atoms in total. The molecular formula is C11H6BrF3OS. The minimum absolute atomic E-state index is 0.215. The molecule has 0 amide bonds. The van der Waals surface area contributed by atoms with Gasteiger partial charge in [0, 0.05) is 5.56 Å². The number of ether oxygens (including phenoxy) is 1. The summed E-state index contributed by atoms with van der Waals surface area (Å²) in [5.41, 5.74) is 1.53. The summed E-state index contributed by atoms with van der Waals surface area (Å²) in [6, 6.07) is 7.73. The molecule has 0 aliphatic carbocycles. The SMILES string of the molecule is FC(F)(F)Oc1cccc(-c2ccsc2Br)c1. The van der Waals surface area contributed by atoms with Gasteiger partial charge in [0.25, 0.3) is 0 Å². The Kier molecular flexibility index (Phi) is 3.44. The number of hydrogen-bond acceptors (Lipinski definition) is 2. The number of hydrogen-bond donors (Lipinski definition) is 0. The summed E-state index contributed by atoms with van der Waals surface area (Å²) in [5, 5.41) is 1.86. The molecule has 0 saturated carbocycles. The Hall–Kier alpha value is -1.01. The fraction of sp³-hybridized carbons (Fsp3) is 0.0909. The van der Waals surface area contributed by atoms with Gasteiger partial charge in [-0.15, -0.1) is 24.5 Å². The topological polar surface area (TPSA) is 9.23 Å². The van der Waals surface area contributed by atoms with E-state index in [-0.39, 0.29) is 5.75 Å². The van der Waals surface area contributed by atoms with E-state index >= 15 is 0 Å². The first-order chi connectivity index (χ1) is 7.96. The van der Waals surface area contributed by atoms with Crippen LogP contribution in [0.5, 0.6) is 5.75 Å². The standard InChI is InChI=1S/C11H6BrF3OS/c12-10-9(4-5-17-10)7-2-1-3-8(6-7)16-11(13,14)15/h1-6H. The first-order valence-electron chi connectivity index (χ1n) is 4.55. The predicted octanol–water partition coefficient (Wildman–Crippen LogP) is 5.08. The molecule has 0 N–H and O–H groups in total. The molecule has 0 aliphatic rings. The van der Waals surface area contributed by atoms with Gasteiger partial charge < -0.3 is 4.74 Å². The lowest BCUT2D eigenvalue weighted by Gasteiger charge is -2.09. The highest BCUT2D eigenvalue weighted by atomic mass is 79.9. The van der Waals surface area contributed by atoms with Crippen molar-refractivity contribution in [3.8, 4) is 16.9 Å². The number of thiophene rings is 1. The molecule has 1 heterocycles. The number of alkyl halides is 3. The average molecular weight is 323 g/mol. The molecule has 0 radical (unpaired) electrons. The summed E-state index contributed by atoms with van der Waals surface area (Å²) >= 11 is 4.82. The molecule has 0 saturated heterocycles. The van der Waals surface area contributed by atoms with Crippen molar-refractivity contribution in [1.29, 1.82) is 0 Å². The van der Waals surface area contributed by atoms with Gasteiger partial charge in [-0.3, -0.25) is 0 Å². The zero-order valence-corrected chi connectivity index (χ0v) is 10.7. The molecule has 0 bridgehead atoms. The second-order valence-electron chi connectivity index (χ2n) is 3.18. The van der Waals surface area contributed by atoms with Crippen molar-refractivity contribution >= 4 is 27.3 Å². The maximum Gasteiger partial charge on any atom is 0.573 e. The Morgan fingerprint density at radius 1 is 1.18 bits per heavy atom. The monoisotopic (exact) mass is 322 g/mol. The van der Waals surface area contributed by atoms with Gasteiger partial charge in [-0.1, -0.05) is 12.1 Å². The zero-order valence-electron chi connectivity index (χ0n) is 8.29. The smallest absolute Gasteiger partial charge is 0.406 e. The summed E-state index contributed by atoms with van der Waals surface area (Å²) in [7, 11) is 0. The fourth-order valence-electron chi connectivity index (χ4n) is 1.36. The Labute approximate surface area is 108 Å². The van der Waals surface area contributed by atoms with Crippen LogP contribution in [-0.2, 0) is 0 Å². The normalized spacial score (nSPS) is 11.5. The van der Waals surface area contributed by atoms with Gasteiger partial charge in [0.15, 0.2) is 0 Å². The Morgan fingerprint density at radius 2 is 1.94 bits per heavy atom. The molecule has 0 fully saturated rings. The first-order valence-corrected chi connectivity index (χ1v) is 6.22. The first kappa shape index (κ1) is 12.4. The van der Waals surface area contributed by atoms with Gasteiger partial charge in [0.1, 0.15) is 5.75 Å². The third-order valence-corrected chi connectivity index (χ3v) is 3.68. The molecule has 90 valence electrons. The van der Waals surface area contributed by atoms with Gasteiger partial charge >= 0.3 is 6.36 Å². The van der Waals surface area contributed by atoms with E-state index in [1.807, 2.05) is 11.4 Å². The second-order valence-corrected chi connectivity index (χ2v) is 5.42. The average Bonchev–Trinajstić information content (AvgIpc) is 2.62. The molecule has 0 aliphatic heterocycles. The largest absolute Gasteiger partial charge is 0.573 e. The molecule has 2 rings (SSSR count). The van der Waals surface area contributed by atoms with Gasteiger partial charge in [-0.05, 0) is 45.1 Å². The van der Waals surface area contributed by atoms with Gasteiger partial charge in [-0.25, -0.2) is 0 Å². The van der Waals surface area contributed by atoms with Crippen LogP contribution < -0.4 is 4.74 Å². The van der Waals surface area contributed by atoms with Crippen molar-refractivity contribution in [3.05, 3.63) is 39.5 Å². The molecule has 6 heteroatoms. The molecule has 17 heavy (non-hydrogen) atoms. The van der Waals surface area contributed by atoms with Crippen molar-refractivity contribution < 1.29 is 17.9 Å². The lowest BCUT2D eigenvalue weighted by molar-refractivity contribution is -0.274. The van der Waals surface area contributed by atoms with Crippen LogP contribution in [0.25, 0.3) is 11.1 Å². The number of halogens is 4. The molecule has 0 atom stereocenters. The van der Waals surface area contributed by atoms with Crippen LogP contribution in [0.1, 0.15) is 0 Å². The van der Waals surface area contributed by atoms with Crippen LogP contribution in [-0.4, -0.2) is 6.36 Å². The number of rotatable bonds is 2. The van der Waals surface area contributed by atoms with Crippen LogP contribution in [0.15, 0.2) is 39.5 Å². The summed E-state index contributed by atoms with van der Waals surface area (Å²) in [4.78, 5) is 0. The maximum absolute atomic E-state index is 12.1. The van der Waals surface area contributed by atoms with Gasteiger partial charge in [0.05, 0.1) is 3.79 Å². The third kappa shape index (κ3) is 3.23. The third-order valence-electron chi connectivity index (χ3n) is 2.00. The number of benzene rings is 1. The fourth-order valence-corrected chi connectivity index (χ4v) is 2.68. The zero-order chi connectivity index (χ0) is 12.5. The van der Waals surface area contributed by atoms with Crippen LogP contribution in [0.3, 0.4) is 0 Å². The highest BCUT2D eigenvalue weighted by Crippen LogP contribution is 2.35. The maximum atomic E-state index is 12.1. The van der Waals surface area contributed by atoms with Crippen molar-refractivity contribution in [2.75, 3.05) is 0 Å². The summed E-state index contributed by atoms with van der Waals surface area (Å²) in [5.74, 6) is -0.215. The van der Waals surface area contributed by atoms with Crippen LogP contribution in [0, 0.1) is 0 Å². The highest BCUT2D eigenvalue weighted by Gasteiger charge is 2.31. The molecule has 1 aromatic heterocycles. The van der Waals surface area contributed by atoms with Crippen molar-refractivity contribution in [1.82, 2.24) is 0 Å². The van der Waals surface area contributed by atoms with Crippen molar-refractivity contribution in [2.45, 2.75) is 6.36 Å². The van der Waals surface area contributed by atoms with E-state index in [2.05, 4.69) is 20.7 Å². The van der Waals surface area contributed by atoms with Gasteiger partial charge in [0.2, 0.25) is 0 Å². The predicted molar refractivity (Wildman–Crippen MR) is 64.1 cm³/mol. The van der Waals surface area contributed by atoms with Crippen molar-refractivity contribution in [3.63, 3.8) is 0 Å². The van der Waals surface area contributed by atoms with Crippen LogP contribution in [0.4, 0.5) is 13.2 Å². The lowest BCUT2D eigenvalue weighted by Crippen LogP contribution is -2.17. The van der Waals surface area contributed by atoms with E-state index in [9.17, 15) is 13.2 Å². The minimum atomic E-state index is -4.66. The molecule has 2 aromatic rings. The van der Waals surface area contributed by atoms with E-state index in [1.165, 1.54) is 29.5 Å². The van der Waals surface area contributed by atoms with Crippen LogP contribution in [0.2, 0.25) is 0 Å². The van der Waals surface area contributed by atoms with E-state index < -0.39 is 6.36 Å². The summed E-state index contributed by atoms with van der Waals surface area (Å²) in [6.45, 7) is 0. The minimum Gasteiger partial charge on any atom is -0.406 e. The molecule has 1 aromatic carbocycles. The van der Waals surface area contributed by atoms with E-state index in [0.29, 0.717) is 5.56 Å². The van der Waals surface area contributed by atoms with E-state index in [1.54, 1.807) is 6.07 Å². The molecule has 0 unspecified atom stereocenters. The molecule has 0 spiro atoms. The summed E-state index contributed by atoms with van der Waals surface area (Å²) < 4.78 is 40.9. The van der Waals surface area contributed by atoms with E-state index in [0.717, 1.165) is 9.35 Å². The van der Waals surface area contributed by atoms with Crippen LogP contribution >= 0.6 is 27.3 Å². The Balaban J connectivity index is 2.32. The van der Waals surface area contributed by atoms with E-state index in [4.69, 9.17) is 0 Å². The quantitative estimate of drug-likeness (QED) is 0.749. The molecular weight excluding hydrogens is 317 g/mol. The Morgan fingerprint density at radius 3 is 2.53 bits per heavy atom.